The molecule has 1 saturated heterocycles. The molecule has 1 atom stereocenters. The van der Waals surface area contributed by atoms with Crippen molar-refractivity contribution in [3.8, 4) is 0 Å². The molecule has 116 valence electrons. The topological polar surface area (TPSA) is 69.6 Å². The van der Waals surface area contributed by atoms with Gasteiger partial charge in [0.1, 0.15) is 11.4 Å². The van der Waals surface area contributed by atoms with Gasteiger partial charge in [-0.15, -0.1) is 0 Å². The van der Waals surface area contributed by atoms with Crippen molar-refractivity contribution in [1.29, 1.82) is 0 Å². The van der Waals surface area contributed by atoms with Crippen LogP contribution in [0.2, 0.25) is 0 Å². The van der Waals surface area contributed by atoms with Gasteiger partial charge in [0.15, 0.2) is 5.69 Å². The number of rotatable bonds is 2. The minimum absolute atomic E-state index is 0.0126. The number of alkyl halides is 3. The Labute approximate surface area is 119 Å². The molecule has 0 radical (unpaired) electrons. The summed E-state index contributed by atoms with van der Waals surface area (Å²) in [4.78, 5) is 22.0. The van der Waals surface area contributed by atoms with Gasteiger partial charge >= 0.3 is 12.1 Å². The third kappa shape index (κ3) is 3.30. The number of piperazine rings is 1. The summed E-state index contributed by atoms with van der Waals surface area (Å²) in [5.74, 6) is -1.70. The first kappa shape index (κ1) is 15.6. The molecule has 0 aromatic carbocycles. The Kier molecular flexibility index (Phi) is 4.15. The number of hydrogen-bond donors (Lipinski definition) is 1. The average Bonchev–Trinajstić information content (AvgIpc) is 2.40. The van der Waals surface area contributed by atoms with Crippen LogP contribution in [0.3, 0.4) is 0 Å². The summed E-state index contributed by atoms with van der Waals surface area (Å²) in [7, 11) is 3.63. The Morgan fingerprint density at radius 3 is 2.62 bits per heavy atom. The monoisotopic (exact) mass is 304 g/mol. The van der Waals surface area contributed by atoms with Gasteiger partial charge in [0, 0.05) is 25.8 Å². The number of nitrogens with zero attached hydrogens (tertiary/aromatic N) is 4. The fraction of sp³-hybridized carbons (Fsp3) is 0.583. The van der Waals surface area contributed by atoms with Crippen LogP contribution in [0.25, 0.3) is 0 Å². The van der Waals surface area contributed by atoms with E-state index in [1.54, 1.807) is 7.05 Å². The molecule has 1 N–H and O–H groups in total. The third-order valence-electron chi connectivity index (χ3n) is 3.46. The van der Waals surface area contributed by atoms with Crippen LogP contribution < -0.4 is 0 Å². The molecule has 6 nitrogen and oxygen atoms in total. The van der Waals surface area contributed by atoms with Gasteiger partial charge in [0.2, 0.25) is 0 Å². The van der Waals surface area contributed by atoms with Crippen LogP contribution >= 0.6 is 0 Å². The highest BCUT2D eigenvalue weighted by Gasteiger charge is 2.39. The zero-order valence-corrected chi connectivity index (χ0v) is 11.6. The molecule has 0 aliphatic carbocycles. The number of likely N-dealkylation sites (N-methyl/N-ethyl adjacent to an activating group) is 2. The molecule has 1 unspecified atom stereocenters. The van der Waals surface area contributed by atoms with Crippen LogP contribution in [-0.4, -0.2) is 64.6 Å². The summed E-state index contributed by atoms with van der Waals surface area (Å²) in [5, 5.41) is 8.83. The number of carboxylic acids is 1. The summed E-state index contributed by atoms with van der Waals surface area (Å²) >= 11 is 0. The molecule has 0 saturated carbocycles. The maximum Gasteiger partial charge on any atom is 0.434 e. The molecule has 1 aromatic rings. The molecule has 1 aromatic heterocycles. The molecule has 1 fully saturated rings. The molecular weight excluding hydrogens is 289 g/mol. The van der Waals surface area contributed by atoms with Crippen LogP contribution in [0.15, 0.2) is 6.20 Å². The van der Waals surface area contributed by atoms with Crippen molar-refractivity contribution >= 4 is 5.97 Å². The lowest BCUT2D eigenvalue weighted by Crippen LogP contribution is -2.45. The standard InChI is InChI=1S/C12H15F3N4O2/c1-18-3-4-19(2)8(6-18)10-16-5-7(11(20)21)9(17-10)12(13,14)15/h5,8H,3-4,6H2,1-2H3,(H,20,21). The van der Waals surface area contributed by atoms with Gasteiger partial charge in [-0.2, -0.15) is 13.2 Å². The quantitative estimate of drug-likeness (QED) is 0.883. The molecule has 0 bridgehead atoms. The van der Waals surface area contributed by atoms with E-state index in [0.29, 0.717) is 13.1 Å². The lowest BCUT2D eigenvalue weighted by atomic mass is 10.1. The molecule has 0 amide bonds. The lowest BCUT2D eigenvalue weighted by Gasteiger charge is -2.36. The fourth-order valence-corrected chi connectivity index (χ4v) is 2.22. The summed E-state index contributed by atoms with van der Waals surface area (Å²) < 4.78 is 38.9. The van der Waals surface area contributed by atoms with Gasteiger partial charge in [0.25, 0.3) is 0 Å². The second-order valence-corrected chi connectivity index (χ2v) is 5.05. The zero-order valence-electron chi connectivity index (χ0n) is 11.6. The van der Waals surface area contributed by atoms with Gasteiger partial charge in [-0.3, -0.25) is 4.90 Å². The van der Waals surface area contributed by atoms with E-state index < -0.39 is 29.4 Å². The minimum Gasteiger partial charge on any atom is -0.478 e. The second-order valence-electron chi connectivity index (χ2n) is 5.05. The van der Waals surface area contributed by atoms with Crippen molar-refractivity contribution in [2.45, 2.75) is 12.2 Å². The van der Waals surface area contributed by atoms with Gasteiger partial charge in [-0.25, -0.2) is 14.8 Å². The van der Waals surface area contributed by atoms with E-state index in [9.17, 15) is 18.0 Å². The van der Waals surface area contributed by atoms with Crippen LogP contribution in [0, 0.1) is 0 Å². The Hall–Kier alpha value is -1.74. The molecule has 2 heterocycles. The predicted octanol–water partition coefficient (Wildman–Crippen LogP) is 1.11. The third-order valence-corrected chi connectivity index (χ3v) is 3.46. The molecule has 1 aliphatic heterocycles. The number of aromatic carboxylic acids is 1. The highest BCUT2D eigenvalue weighted by molar-refractivity contribution is 5.88. The highest BCUT2D eigenvalue weighted by atomic mass is 19.4. The first-order valence-electron chi connectivity index (χ1n) is 6.26. The Bertz CT molecular complexity index is 550. The fourth-order valence-electron chi connectivity index (χ4n) is 2.22. The molecular formula is C12H15F3N4O2. The normalized spacial score (nSPS) is 21.5. The largest absolute Gasteiger partial charge is 0.478 e. The van der Waals surface area contributed by atoms with E-state index in [2.05, 4.69) is 9.97 Å². The van der Waals surface area contributed by atoms with Crippen molar-refractivity contribution in [1.82, 2.24) is 19.8 Å². The first-order chi connectivity index (χ1) is 9.70. The van der Waals surface area contributed by atoms with Crippen molar-refractivity contribution in [2.75, 3.05) is 33.7 Å². The van der Waals surface area contributed by atoms with E-state index in [-0.39, 0.29) is 5.82 Å². The van der Waals surface area contributed by atoms with Gasteiger partial charge in [-0.05, 0) is 14.1 Å². The van der Waals surface area contributed by atoms with Crippen molar-refractivity contribution in [3.63, 3.8) is 0 Å². The SMILES string of the molecule is CN1CCN(C)C(c2ncc(C(=O)O)c(C(F)(F)F)n2)C1. The zero-order chi connectivity index (χ0) is 15.8. The van der Waals surface area contributed by atoms with E-state index in [0.717, 1.165) is 12.7 Å². The van der Waals surface area contributed by atoms with E-state index in [1.165, 1.54) is 0 Å². The Morgan fingerprint density at radius 1 is 1.38 bits per heavy atom. The number of halogens is 3. The van der Waals surface area contributed by atoms with E-state index >= 15 is 0 Å². The van der Waals surface area contributed by atoms with Crippen molar-refractivity contribution in [3.05, 3.63) is 23.3 Å². The van der Waals surface area contributed by atoms with Crippen molar-refractivity contribution in [2.24, 2.45) is 0 Å². The number of aromatic nitrogens is 2. The Morgan fingerprint density at radius 2 is 2.05 bits per heavy atom. The van der Waals surface area contributed by atoms with Gasteiger partial charge in [-0.1, -0.05) is 0 Å². The number of carboxylic acid groups (broad SMARTS) is 1. The van der Waals surface area contributed by atoms with Crippen LogP contribution in [0.5, 0.6) is 0 Å². The second kappa shape index (κ2) is 5.57. The highest BCUT2D eigenvalue weighted by Crippen LogP contribution is 2.31. The maximum atomic E-state index is 13.0. The van der Waals surface area contributed by atoms with E-state index in [4.69, 9.17) is 5.11 Å². The van der Waals surface area contributed by atoms with Crippen molar-refractivity contribution < 1.29 is 23.1 Å². The Balaban J connectivity index is 2.44. The molecule has 2 rings (SSSR count). The van der Waals surface area contributed by atoms with Crippen LogP contribution in [0.1, 0.15) is 27.9 Å². The minimum atomic E-state index is -4.83. The van der Waals surface area contributed by atoms with E-state index in [1.807, 2.05) is 16.8 Å². The summed E-state index contributed by atoms with van der Waals surface area (Å²) in [6, 6.07) is -0.396. The molecule has 0 spiro atoms. The average molecular weight is 304 g/mol. The summed E-state index contributed by atoms with van der Waals surface area (Å²) in [6.45, 7) is 1.96. The first-order valence-corrected chi connectivity index (χ1v) is 6.26. The molecule has 9 heteroatoms. The van der Waals surface area contributed by atoms with Gasteiger partial charge in [0.05, 0.1) is 6.04 Å². The number of hydrogen-bond acceptors (Lipinski definition) is 5. The van der Waals surface area contributed by atoms with Crippen LogP contribution in [0.4, 0.5) is 13.2 Å². The number of carbonyl (C=O) groups is 1. The maximum absolute atomic E-state index is 13.0. The molecule has 21 heavy (non-hydrogen) atoms. The summed E-state index contributed by atoms with van der Waals surface area (Å²) in [5.41, 5.74) is -2.33. The predicted molar refractivity (Wildman–Crippen MR) is 66.9 cm³/mol. The molecule has 1 aliphatic rings. The lowest BCUT2D eigenvalue weighted by molar-refractivity contribution is -0.142. The van der Waals surface area contributed by atoms with Gasteiger partial charge < -0.3 is 10.0 Å². The smallest absolute Gasteiger partial charge is 0.434 e. The van der Waals surface area contributed by atoms with Crippen LogP contribution in [-0.2, 0) is 6.18 Å². The summed E-state index contributed by atoms with van der Waals surface area (Å²) in [6.07, 6.45) is -4.10.